The van der Waals surface area contributed by atoms with Crippen molar-refractivity contribution in [1.29, 1.82) is 0 Å². The lowest BCUT2D eigenvalue weighted by atomic mass is 10.1. The molecule has 0 unspecified atom stereocenters. The second-order valence-electron chi connectivity index (χ2n) is 3.12. The zero-order chi connectivity index (χ0) is 8.39. The Morgan fingerprint density at radius 1 is 1.67 bits per heavy atom. The number of allylic oxidation sites excluding steroid dienone is 1. The third-order valence-electron chi connectivity index (χ3n) is 2.23. The summed E-state index contributed by atoms with van der Waals surface area (Å²) in [4.78, 5) is 0. The first-order chi connectivity index (χ1) is 5.86. The molecule has 1 fully saturated rings. The zero-order valence-corrected chi connectivity index (χ0v) is 7.25. The van der Waals surface area contributed by atoms with E-state index >= 15 is 0 Å². The molecule has 0 amide bonds. The Labute approximate surface area is 72.1 Å². The molecule has 1 aromatic heterocycles. The van der Waals surface area contributed by atoms with Gasteiger partial charge in [-0.3, -0.25) is 4.68 Å². The van der Waals surface area contributed by atoms with Crippen LogP contribution in [0.3, 0.4) is 0 Å². The third kappa shape index (κ3) is 1.41. The van der Waals surface area contributed by atoms with Gasteiger partial charge >= 0.3 is 0 Å². The Bertz CT molecular complexity index is 292. The van der Waals surface area contributed by atoms with Gasteiger partial charge in [-0.2, -0.15) is 5.10 Å². The molecule has 3 heteroatoms. The molecule has 2 rings (SSSR count). The van der Waals surface area contributed by atoms with Crippen molar-refractivity contribution in [1.82, 2.24) is 15.1 Å². The number of aryl methyl sites for hydroxylation is 1. The smallest absolute Gasteiger partial charge is 0.0492 e. The van der Waals surface area contributed by atoms with E-state index < -0.39 is 0 Å². The van der Waals surface area contributed by atoms with E-state index in [4.69, 9.17) is 0 Å². The van der Waals surface area contributed by atoms with Crippen molar-refractivity contribution in [3.8, 4) is 0 Å². The molecule has 12 heavy (non-hydrogen) atoms. The van der Waals surface area contributed by atoms with E-state index in [0.29, 0.717) is 0 Å². The van der Waals surface area contributed by atoms with E-state index in [2.05, 4.69) is 22.6 Å². The average molecular weight is 163 g/mol. The highest BCUT2D eigenvalue weighted by atomic mass is 15.2. The summed E-state index contributed by atoms with van der Waals surface area (Å²) in [6.07, 6.45) is 5.13. The lowest BCUT2D eigenvalue weighted by Crippen LogP contribution is -2.33. The number of hydrogen-bond donors (Lipinski definition) is 1. The largest absolute Gasteiger partial charge is 0.309 e. The van der Waals surface area contributed by atoms with E-state index in [1.54, 1.807) is 0 Å². The summed E-state index contributed by atoms with van der Waals surface area (Å²) in [6, 6.07) is 2.06. The summed E-state index contributed by atoms with van der Waals surface area (Å²) in [5, 5.41) is 7.33. The highest BCUT2D eigenvalue weighted by Gasteiger charge is 2.06. The van der Waals surface area contributed by atoms with Crippen molar-refractivity contribution in [2.45, 2.75) is 6.42 Å². The average Bonchev–Trinajstić information content (AvgIpc) is 2.33. The summed E-state index contributed by atoms with van der Waals surface area (Å²) < 4.78 is 1.92. The maximum atomic E-state index is 4.11. The standard InChI is InChI=1S/C9H13N3/c1-12-9(4-5-11-12)3-2-8-6-10-7-8/h2,4-5,10H,3,6-7H2,1H3. The highest BCUT2D eigenvalue weighted by Crippen LogP contribution is 2.04. The first kappa shape index (κ1) is 7.55. The van der Waals surface area contributed by atoms with Crippen molar-refractivity contribution in [2.24, 2.45) is 7.05 Å². The fourth-order valence-corrected chi connectivity index (χ4v) is 1.26. The monoisotopic (exact) mass is 163 g/mol. The molecule has 1 N–H and O–H groups in total. The van der Waals surface area contributed by atoms with Gasteiger partial charge in [0.25, 0.3) is 0 Å². The minimum absolute atomic E-state index is 1.01. The van der Waals surface area contributed by atoms with Crippen LogP contribution in [0.1, 0.15) is 5.69 Å². The lowest BCUT2D eigenvalue weighted by Gasteiger charge is -2.18. The highest BCUT2D eigenvalue weighted by molar-refractivity contribution is 5.17. The Morgan fingerprint density at radius 2 is 2.50 bits per heavy atom. The van der Waals surface area contributed by atoms with Crippen molar-refractivity contribution in [3.63, 3.8) is 0 Å². The van der Waals surface area contributed by atoms with E-state index in [9.17, 15) is 0 Å². The van der Waals surface area contributed by atoms with Gasteiger partial charge in [0.05, 0.1) is 0 Å². The maximum Gasteiger partial charge on any atom is 0.0492 e. The maximum absolute atomic E-state index is 4.11. The molecule has 0 bridgehead atoms. The predicted molar refractivity (Wildman–Crippen MR) is 47.9 cm³/mol. The molecule has 3 nitrogen and oxygen atoms in total. The van der Waals surface area contributed by atoms with Crippen LogP contribution in [0, 0.1) is 0 Å². The van der Waals surface area contributed by atoms with Gasteiger partial charge in [0, 0.05) is 38.4 Å². The van der Waals surface area contributed by atoms with Gasteiger partial charge in [0.15, 0.2) is 0 Å². The van der Waals surface area contributed by atoms with Crippen LogP contribution >= 0.6 is 0 Å². The fourth-order valence-electron chi connectivity index (χ4n) is 1.26. The van der Waals surface area contributed by atoms with Crippen LogP contribution in [0.15, 0.2) is 23.9 Å². The third-order valence-corrected chi connectivity index (χ3v) is 2.23. The van der Waals surface area contributed by atoms with Gasteiger partial charge in [0.1, 0.15) is 0 Å². The lowest BCUT2D eigenvalue weighted by molar-refractivity contribution is 0.660. The van der Waals surface area contributed by atoms with Gasteiger partial charge in [-0.1, -0.05) is 6.08 Å². The second kappa shape index (κ2) is 3.11. The summed E-state index contributed by atoms with van der Waals surface area (Å²) in [7, 11) is 1.98. The van der Waals surface area contributed by atoms with Gasteiger partial charge in [-0.15, -0.1) is 0 Å². The number of hydrogen-bond acceptors (Lipinski definition) is 2. The molecule has 0 atom stereocenters. The zero-order valence-electron chi connectivity index (χ0n) is 7.25. The van der Waals surface area contributed by atoms with Crippen LogP contribution in [0.5, 0.6) is 0 Å². The number of nitrogens with zero attached hydrogens (tertiary/aromatic N) is 2. The van der Waals surface area contributed by atoms with Crippen LogP contribution in [0.25, 0.3) is 0 Å². The van der Waals surface area contributed by atoms with Gasteiger partial charge in [0.2, 0.25) is 0 Å². The minimum atomic E-state index is 1.01. The van der Waals surface area contributed by atoms with E-state index in [-0.39, 0.29) is 0 Å². The van der Waals surface area contributed by atoms with Crippen molar-refractivity contribution in [3.05, 3.63) is 29.6 Å². The summed E-state index contributed by atoms with van der Waals surface area (Å²) in [5.41, 5.74) is 2.78. The van der Waals surface area contributed by atoms with E-state index in [1.807, 2.05) is 17.9 Å². The second-order valence-corrected chi connectivity index (χ2v) is 3.12. The predicted octanol–water partition coefficient (Wildman–Crippen LogP) is 0.492. The summed E-state index contributed by atoms with van der Waals surface area (Å²) in [5.74, 6) is 0. The Hall–Kier alpha value is -1.09. The molecule has 0 saturated carbocycles. The fraction of sp³-hybridized carbons (Fsp3) is 0.444. The summed E-state index contributed by atoms with van der Waals surface area (Å²) in [6.45, 7) is 2.13. The minimum Gasteiger partial charge on any atom is -0.309 e. The quantitative estimate of drug-likeness (QED) is 0.643. The molecular formula is C9H13N3. The molecule has 0 radical (unpaired) electrons. The summed E-state index contributed by atoms with van der Waals surface area (Å²) >= 11 is 0. The Balaban J connectivity index is 1.99. The SMILES string of the molecule is Cn1nccc1CC=C1CNC1. The first-order valence-corrected chi connectivity index (χ1v) is 4.22. The molecule has 1 aromatic rings. The number of aromatic nitrogens is 2. The molecule has 1 saturated heterocycles. The van der Waals surface area contributed by atoms with Gasteiger partial charge in [-0.05, 0) is 11.6 Å². The molecule has 64 valence electrons. The van der Waals surface area contributed by atoms with Crippen molar-refractivity contribution in [2.75, 3.05) is 13.1 Å². The van der Waals surface area contributed by atoms with Crippen LogP contribution in [-0.2, 0) is 13.5 Å². The van der Waals surface area contributed by atoms with Crippen molar-refractivity contribution >= 4 is 0 Å². The van der Waals surface area contributed by atoms with Crippen LogP contribution in [0.2, 0.25) is 0 Å². The van der Waals surface area contributed by atoms with Gasteiger partial charge < -0.3 is 5.32 Å². The van der Waals surface area contributed by atoms with Crippen LogP contribution < -0.4 is 5.32 Å². The molecule has 2 heterocycles. The van der Waals surface area contributed by atoms with E-state index in [1.165, 1.54) is 11.3 Å². The molecular weight excluding hydrogens is 150 g/mol. The van der Waals surface area contributed by atoms with Crippen LogP contribution in [-0.4, -0.2) is 22.9 Å². The molecule has 0 spiro atoms. The van der Waals surface area contributed by atoms with Crippen LogP contribution in [0.4, 0.5) is 0 Å². The Kier molecular flexibility index (Phi) is 1.96. The number of rotatable bonds is 2. The van der Waals surface area contributed by atoms with Gasteiger partial charge in [-0.25, -0.2) is 0 Å². The normalized spacial score (nSPS) is 15.9. The van der Waals surface area contributed by atoms with E-state index in [0.717, 1.165) is 19.5 Å². The number of nitrogens with one attached hydrogen (secondary N) is 1. The molecule has 0 aromatic carbocycles. The Morgan fingerprint density at radius 3 is 3.00 bits per heavy atom. The van der Waals surface area contributed by atoms with Crippen molar-refractivity contribution < 1.29 is 0 Å². The molecule has 1 aliphatic heterocycles. The molecule has 1 aliphatic rings. The molecule has 0 aliphatic carbocycles. The first-order valence-electron chi connectivity index (χ1n) is 4.22. The topological polar surface area (TPSA) is 29.9 Å².